The molecule has 144 valence electrons. The van der Waals surface area contributed by atoms with E-state index in [4.69, 9.17) is 5.73 Å². The van der Waals surface area contributed by atoms with Crippen LogP contribution in [0.15, 0.2) is 36.5 Å². The molecule has 0 aliphatic carbocycles. The molecule has 2 aliphatic heterocycles. The summed E-state index contributed by atoms with van der Waals surface area (Å²) in [4.78, 5) is 42.2. The van der Waals surface area contributed by atoms with Gasteiger partial charge in [0.1, 0.15) is 11.9 Å². The Morgan fingerprint density at radius 1 is 1.25 bits per heavy atom. The second-order valence-corrected chi connectivity index (χ2v) is 6.96. The van der Waals surface area contributed by atoms with Crippen molar-refractivity contribution in [3.8, 4) is 0 Å². The first-order valence-electron chi connectivity index (χ1n) is 9.21. The van der Waals surface area contributed by atoms with Crippen LogP contribution in [0.2, 0.25) is 0 Å². The van der Waals surface area contributed by atoms with Crippen LogP contribution in [-0.2, 0) is 29.2 Å². The number of hydrogen-bond acceptors (Lipinski definition) is 6. The summed E-state index contributed by atoms with van der Waals surface area (Å²) in [5.74, 6) is -0.136. The summed E-state index contributed by atoms with van der Waals surface area (Å²) < 4.78 is 0. The van der Waals surface area contributed by atoms with E-state index in [1.54, 1.807) is 11.1 Å². The number of imide groups is 1. The van der Waals surface area contributed by atoms with Crippen molar-refractivity contribution in [2.24, 2.45) is 5.73 Å². The molecule has 1 fully saturated rings. The van der Waals surface area contributed by atoms with E-state index in [9.17, 15) is 14.4 Å². The lowest BCUT2D eigenvalue weighted by molar-refractivity contribution is -0.136. The number of hydrogen-bond donors (Lipinski definition) is 3. The molecule has 0 spiro atoms. The maximum atomic E-state index is 12.9. The largest absolute Gasteiger partial charge is 0.366 e. The molecule has 1 aromatic heterocycles. The van der Waals surface area contributed by atoms with Crippen molar-refractivity contribution in [2.45, 2.75) is 38.5 Å². The van der Waals surface area contributed by atoms with E-state index in [0.717, 1.165) is 22.5 Å². The van der Waals surface area contributed by atoms with Gasteiger partial charge < -0.3 is 16.0 Å². The minimum atomic E-state index is -0.597. The molecule has 8 nitrogen and oxygen atoms in total. The van der Waals surface area contributed by atoms with Crippen molar-refractivity contribution in [2.75, 3.05) is 5.32 Å². The third-order valence-electron chi connectivity index (χ3n) is 5.16. The molecular weight excluding hydrogens is 358 g/mol. The Kier molecular flexibility index (Phi) is 4.79. The first-order chi connectivity index (χ1) is 13.6. The lowest BCUT2D eigenvalue weighted by Crippen LogP contribution is -2.52. The zero-order chi connectivity index (χ0) is 19.7. The van der Waals surface area contributed by atoms with Crippen molar-refractivity contribution in [3.05, 3.63) is 58.8 Å². The second kappa shape index (κ2) is 7.40. The van der Waals surface area contributed by atoms with Crippen molar-refractivity contribution in [1.82, 2.24) is 15.2 Å². The zero-order valence-electron chi connectivity index (χ0n) is 15.3. The number of nitrogens with two attached hydrogens (primary N) is 1. The van der Waals surface area contributed by atoms with Gasteiger partial charge in [-0.15, -0.1) is 0 Å². The molecule has 1 saturated heterocycles. The van der Waals surface area contributed by atoms with E-state index in [0.29, 0.717) is 31.6 Å². The monoisotopic (exact) mass is 379 g/mol. The van der Waals surface area contributed by atoms with Gasteiger partial charge in [0.25, 0.3) is 5.91 Å². The minimum absolute atomic E-state index is 0.174. The van der Waals surface area contributed by atoms with Gasteiger partial charge in [-0.05, 0) is 29.7 Å². The molecule has 8 heteroatoms. The lowest BCUT2D eigenvalue weighted by atomic mass is 10.0. The van der Waals surface area contributed by atoms with Gasteiger partial charge in [-0.25, -0.2) is 4.98 Å². The molecule has 4 N–H and O–H groups in total. The van der Waals surface area contributed by atoms with E-state index in [2.05, 4.69) is 15.6 Å². The SMILES string of the molecule is NCc1cccnc1NCc1ccc2c(c1)C(=O)N(C1CCC(=O)NC1=O)C2. The fraction of sp³-hybridized carbons (Fsp3) is 0.300. The van der Waals surface area contributed by atoms with E-state index in [-0.39, 0.29) is 18.2 Å². The molecule has 2 aliphatic rings. The number of nitrogens with one attached hydrogen (secondary N) is 2. The van der Waals surface area contributed by atoms with Gasteiger partial charge in [-0.1, -0.05) is 18.2 Å². The van der Waals surface area contributed by atoms with Crippen LogP contribution in [0.3, 0.4) is 0 Å². The third-order valence-corrected chi connectivity index (χ3v) is 5.16. The number of aromatic nitrogens is 1. The topological polar surface area (TPSA) is 117 Å². The molecule has 3 heterocycles. The van der Waals surface area contributed by atoms with Crippen molar-refractivity contribution >= 4 is 23.5 Å². The van der Waals surface area contributed by atoms with Crippen LogP contribution in [0.1, 0.15) is 39.9 Å². The predicted octanol–water partition coefficient (Wildman–Crippen LogP) is 0.913. The van der Waals surface area contributed by atoms with E-state index in [1.165, 1.54) is 0 Å². The van der Waals surface area contributed by atoms with Gasteiger partial charge in [0, 0.05) is 43.4 Å². The van der Waals surface area contributed by atoms with Gasteiger partial charge in [0.15, 0.2) is 0 Å². The molecular formula is C20H21N5O3. The number of amides is 3. The first-order valence-corrected chi connectivity index (χ1v) is 9.21. The predicted molar refractivity (Wildman–Crippen MR) is 102 cm³/mol. The molecule has 0 radical (unpaired) electrons. The van der Waals surface area contributed by atoms with Crippen LogP contribution in [0.5, 0.6) is 0 Å². The van der Waals surface area contributed by atoms with Crippen molar-refractivity contribution in [1.29, 1.82) is 0 Å². The maximum absolute atomic E-state index is 12.9. The smallest absolute Gasteiger partial charge is 0.255 e. The van der Waals surface area contributed by atoms with Gasteiger partial charge in [-0.2, -0.15) is 0 Å². The van der Waals surface area contributed by atoms with Crippen LogP contribution in [0.4, 0.5) is 5.82 Å². The molecule has 3 amide bonds. The highest BCUT2D eigenvalue weighted by molar-refractivity contribution is 6.05. The molecule has 4 rings (SSSR count). The fourth-order valence-electron chi connectivity index (χ4n) is 3.66. The number of pyridine rings is 1. The molecule has 0 bridgehead atoms. The number of fused-ring (bicyclic) bond motifs is 1. The first kappa shape index (κ1) is 18.1. The Morgan fingerprint density at radius 2 is 2.11 bits per heavy atom. The molecule has 1 unspecified atom stereocenters. The number of carbonyl (C=O) groups is 3. The van der Waals surface area contributed by atoms with Crippen LogP contribution in [0, 0.1) is 0 Å². The summed E-state index contributed by atoms with van der Waals surface area (Å²) in [6.45, 7) is 1.27. The summed E-state index contributed by atoms with van der Waals surface area (Å²) in [6, 6.07) is 8.88. The number of carbonyl (C=O) groups excluding carboxylic acids is 3. The summed E-state index contributed by atoms with van der Waals surface area (Å²) >= 11 is 0. The average Bonchev–Trinajstić information content (AvgIpc) is 3.02. The summed E-state index contributed by atoms with van der Waals surface area (Å²) in [5, 5.41) is 5.57. The van der Waals surface area contributed by atoms with Gasteiger partial charge in [0.05, 0.1) is 0 Å². The Labute approximate surface area is 162 Å². The highest BCUT2D eigenvalue weighted by Crippen LogP contribution is 2.28. The highest BCUT2D eigenvalue weighted by Gasteiger charge is 2.39. The molecule has 1 atom stereocenters. The van der Waals surface area contributed by atoms with Gasteiger partial charge in [-0.3, -0.25) is 19.7 Å². The number of nitrogens with zero attached hydrogens (tertiary/aromatic N) is 2. The molecule has 2 aromatic rings. The standard InChI is InChI=1S/C20H21N5O3/c21-9-13-2-1-7-22-18(13)23-10-12-3-4-14-11-25(20(28)15(14)8-12)16-5-6-17(26)24-19(16)27/h1-4,7-8,16H,5-6,9-11,21H2,(H,22,23)(H,24,26,27). The molecule has 0 saturated carbocycles. The fourth-order valence-corrected chi connectivity index (χ4v) is 3.66. The number of piperidine rings is 1. The maximum Gasteiger partial charge on any atom is 0.255 e. The van der Waals surface area contributed by atoms with E-state index in [1.807, 2.05) is 30.3 Å². The highest BCUT2D eigenvalue weighted by atomic mass is 16.2. The zero-order valence-corrected chi connectivity index (χ0v) is 15.3. The molecule has 28 heavy (non-hydrogen) atoms. The van der Waals surface area contributed by atoms with Gasteiger partial charge >= 0.3 is 0 Å². The normalized spacial score (nSPS) is 18.8. The second-order valence-electron chi connectivity index (χ2n) is 6.96. The van der Waals surface area contributed by atoms with E-state index >= 15 is 0 Å². The Hall–Kier alpha value is -3.26. The van der Waals surface area contributed by atoms with Crippen LogP contribution in [0.25, 0.3) is 0 Å². The summed E-state index contributed by atoms with van der Waals surface area (Å²) in [5.41, 5.74) is 9.08. The number of anilines is 1. The van der Waals surface area contributed by atoms with Crippen molar-refractivity contribution in [3.63, 3.8) is 0 Å². The summed E-state index contributed by atoms with van der Waals surface area (Å²) in [6.07, 6.45) is 2.31. The average molecular weight is 379 g/mol. The van der Waals surface area contributed by atoms with Crippen LogP contribution < -0.4 is 16.4 Å². The Balaban J connectivity index is 1.48. The third kappa shape index (κ3) is 3.34. The molecule has 1 aromatic carbocycles. The number of rotatable bonds is 5. The Morgan fingerprint density at radius 3 is 2.89 bits per heavy atom. The van der Waals surface area contributed by atoms with E-state index < -0.39 is 11.9 Å². The van der Waals surface area contributed by atoms with Gasteiger partial charge in [0.2, 0.25) is 11.8 Å². The Bertz CT molecular complexity index is 959. The minimum Gasteiger partial charge on any atom is -0.366 e. The quantitative estimate of drug-likeness (QED) is 0.665. The van der Waals surface area contributed by atoms with Crippen molar-refractivity contribution < 1.29 is 14.4 Å². The lowest BCUT2D eigenvalue weighted by Gasteiger charge is -2.29. The number of benzene rings is 1. The summed E-state index contributed by atoms with van der Waals surface area (Å²) in [7, 11) is 0. The van der Waals surface area contributed by atoms with Crippen LogP contribution in [-0.4, -0.2) is 33.6 Å². The van der Waals surface area contributed by atoms with Crippen LogP contribution >= 0.6 is 0 Å².